The lowest BCUT2D eigenvalue weighted by Gasteiger charge is -2.29. The van der Waals surface area contributed by atoms with Crippen molar-refractivity contribution in [1.29, 1.82) is 0 Å². The molecule has 6 nitrogen and oxygen atoms in total. The van der Waals surface area contributed by atoms with E-state index >= 15 is 0 Å². The Labute approximate surface area is 144 Å². The first-order valence-corrected chi connectivity index (χ1v) is 8.15. The fourth-order valence-corrected chi connectivity index (χ4v) is 2.60. The summed E-state index contributed by atoms with van der Waals surface area (Å²) in [6.07, 6.45) is -2.63. The molecule has 1 saturated heterocycles. The number of aliphatic hydroxyl groups is 1. The minimum Gasteiger partial charge on any atom is -0.404 e. The van der Waals surface area contributed by atoms with Crippen molar-refractivity contribution in [2.45, 2.75) is 31.7 Å². The number of nitrogens with two attached hydrogens (primary N) is 1. The lowest BCUT2D eigenvalue weighted by atomic mass is 10.1. The third kappa shape index (κ3) is 7.18. The van der Waals surface area contributed by atoms with Crippen LogP contribution in [0, 0.1) is 0 Å². The second-order valence-electron chi connectivity index (χ2n) is 5.86. The van der Waals surface area contributed by atoms with Crippen LogP contribution in [0.2, 0.25) is 0 Å². The van der Waals surface area contributed by atoms with Gasteiger partial charge in [0.15, 0.2) is 11.7 Å². The lowest BCUT2D eigenvalue weighted by Crippen LogP contribution is -2.36. The van der Waals surface area contributed by atoms with Gasteiger partial charge in [0, 0.05) is 19.6 Å². The number of benzene rings is 1. The number of likely N-dealkylation sites (tertiary alicyclic amines) is 1. The van der Waals surface area contributed by atoms with Gasteiger partial charge >= 0.3 is 6.36 Å². The number of hydrogen-bond acceptors (Lipinski definition) is 4. The van der Waals surface area contributed by atoms with Crippen LogP contribution in [0.15, 0.2) is 29.3 Å². The molecular weight excluding hydrogens is 337 g/mol. The van der Waals surface area contributed by atoms with E-state index in [1.807, 2.05) is 0 Å². The Morgan fingerprint density at radius 2 is 2.00 bits per heavy atom. The van der Waals surface area contributed by atoms with E-state index < -0.39 is 6.36 Å². The molecule has 4 N–H and O–H groups in total. The highest BCUT2D eigenvalue weighted by Gasteiger charge is 2.32. The first-order valence-electron chi connectivity index (χ1n) is 8.15. The molecule has 1 aromatic rings. The number of ether oxygens (including phenoxy) is 1. The number of guanidine groups is 1. The van der Waals surface area contributed by atoms with E-state index in [0.717, 1.165) is 38.9 Å². The van der Waals surface area contributed by atoms with Crippen molar-refractivity contribution >= 4 is 11.6 Å². The highest BCUT2D eigenvalue weighted by Crippen LogP contribution is 2.29. The maximum absolute atomic E-state index is 12.4. The molecule has 0 radical (unpaired) electrons. The molecule has 9 heteroatoms. The summed E-state index contributed by atoms with van der Waals surface area (Å²) in [5, 5.41) is 12.1. The number of rotatable bonds is 6. The summed E-state index contributed by atoms with van der Waals surface area (Å²) in [5.41, 5.74) is 5.83. The van der Waals surface area contributed by atoms with Crippen molar-refractivity contribution in [1.82, 2.24) is 4.90 Å². The molecule has 140 valence electrons. The Bertz CT molecular complexity index is 573. The summed E-state index contributed by atoms with van der Waals surface area (Å²) in [7, 11) is 0. The molecule has 0 bridgehead atoms. The van der Waals surface area contributed by atoms with Crippen LogP contribution in [0.5, 0.6) is 5.75 Å². The zero-order valence-electron chi connectivity index (χ0n) is 13.8. The van der Waals surface area contributed by atoms with Crippen LogP contribution in [-0.2, 0) is 0 Å². The number of nitrogens with zero attached hydrogens (tertiary/aromatic N) is 2. The van der Waals surface area contributed by atoms with Crippen LogP contribution in [0.4, 0.5) is 18.9 Å². The summed E-state index contributed by atoms with van der Waals surface area (Å²) >= 11 is 0. The molecule has 1 heterocycles. The Morgan fingerprint density at radius 1 is 1.32 bits per heavy atom. The summed E-state index contributed by atoms with van der Waals surface area (Å²) in [5.74, 6) is -0.327. The van der Waals surface area contributed by atoms with Crippen molar-refractivity contribution in [3.8, 4) is 5.75 Å². The third-order valence-corrected chi connectivity index (χ3v) is 3.85. The SMILES string of the molecule is NC(=NCCCN1CCC(O)CC1)Nc1ccccc1OC(F)(F)F. The van der Waals surface area contributed by atoms with Gasteiger partial charge in [-0.3, -0.25) is 4.99 Å². The van der Waals surface area contributed by atoms with E-state index in [2.05, 4.69) is 19.9 Å². The van der Waals surface area contributed by atoms with Crippen molar-refractivity contribution in [2.24, 2.45) is 10.7 Å². The van der Waals surface area contributed by atoms with Crippen LogP contribution in [-0.4, -0.2) is 54.6 Å². The van der Waals surface area contributed by atoms with E-state index in [9.17, 15) is 18.3 Å². The summed E-state index contributed by atoms with van der Waals surface area (Å²) in [4.78, 5) is 6.38. The van der Waals surface area contributed by atoms with Crippen molar-refractivity contribution in [3.63, 3.8) is 0 Å². The molecule has 0 spiro atoms. The number of aliphatic imine (C=N–C) groups is 1. The predicted octanol–water partition coefficient (Wildman–Crippen LogP) is 2.16. The fourth-order valence-electron chi connectivity index (χ4n) is 2.60. The molecule has 0 aliphatic carbocycles. The maximum Gasteiger partial charge on any atom is 0.573 e. The summed E-state index contributed by atoms with van der Waals surface area (Å²) in [6, 6.07) is 5.65. The molecule has 1 aliphatic rings. The van der Waals surface area contributed by atoms with Crippen molar-refractivity contribution < 1.29 is 23.0 Å². The maximum atomic E-state index is 12.4. The van der Waals surface area contributed by atoms with Crippen LogP contribution in [0.3, 0.4) is 0 Å². The van der Waals surface area contributed by atoms with Gasteiger partial charge in [-0.25, -0.2) is 0 Å². The standard InChI is InChI=1S/C16H23F3N4O2/c17-16(18,19)25-14-5-2-1-4-13(14)22-15(20)21-8-3-9-23-10-6-12(24)7-11-23/h1-2,4-5,12,24H,3,6-11H2,(H3,20,21,22). The smallest absolute Gasteiger partial charge is 0.404 e. The topological polar surface area (TPSA) is 83.1 Å². The van der Waals surface area contributed by atoms with E-state index in [-0.39, 0.29) is 23.5 Å². The Balaban J connectivity index is 1.79. The third-order valence-electron chi connectivity index (χ3n) is 3.85. The number of piperidine rings is 1. The van der Waals surface area contributed by atoms with E-state index in [0.29, 0.717) is 6.54 Å². The normalized spacial score (nSPS) is 17.5. The van der Waals surface area contributed by atoms with Gasteiger partial charge in [-0.2, -0.15) is 0 Å². The average Bonchev–Trinajstić information content (AvgIpc) is 2.54. The minimum atomic E-state index is -4.77. The zero-order chi connectivity index (χ0) is 18.3. The number of aliphatic hydroxyl groups excluding tert-OH is 1. The fraction of sp³-hybridized carbons (Fsp3) is 0.562. The number of halogens is 3. The van der Waals surface area contributed by atoms with E-state index in [1.54, 1.807) is 6.07 Å². The predicted molar refractivity (Wildman–Crippen MR) is 89.5 cm³/mol. The van der Waals surface area contributed by atoms with Crippen LogP contribution in [0.1, 0.15) is 19.3 Å². The average molecular weight is 360 g/mol. The Kier molecular flexibility index (Phi) is 6.89. The Morgan fingerprint density at radius 3 is 2.68 bits per heavy atom. The van der Waals surface area contributed by atoms with Gasteiger partial charge in [0.25, 0.3) is 0 Å². The molecule has 0 saturated carbocycles. The second-order valence-corrected chi connectivity index (χ2v) is 5.86. The molecule has 2 rings (SSSR count). The van der Waals surface area contributed by atoms with Gasteiger partial charge < -0.3 is 25.8 Å². The zero-order valence-corrected chi connectivity index (χ0v) is 13.8. The number of hydrogen-bond donors (Lipinski definition) is 3. The van der Waals surface area contributed by atoms with Gasteiger partial charge in [0.1, 0.15) is 0 Å². The van der Waals surface area contributed by atoms with Gasteiger partial charge in [0.2, 0.25) is 0 Å². The molecule has 1 fully saturated rings. The van der Waals surface area contributed by atoms with Crippen LogP contribution < -0.4 is 15.8 Å². The highest BCUT2D eigenvalue weighted by molar-refractivity contribution is 5.93. The van der Waals surface area contributed by atoms with E-state index in [4.69, 9.17) is 5.73 Å². The number of alkyl halides is 3. The number of nitrogens with one attached hydrogen (secondary N) is 1. The Hall–Kier alpha value is -2.00. The number of para-hydroxylation sites is 2. The first-order chi connectivity index (χ1) is 11.8. The van der Waals surface area contributed by atoms with Crippen LogP contribution in [0.25, 0.3) is 0 Å². The van der Waals surface area contributed by atoms with Gasteiger partial charge in [0.05, 0.1) is 11.8 Å². The minimum absolute atomic E-state index is 0.0345. The van der Waals surface area contributed by atoms with E-state index in [1.165, 1.54) is 18.2 Å². The molecule has 1 aromatic carbocycles. The summed E-state index contributed by atoms with van der Waals surface area (Å²) < 4.78 is 41.1. The molecular formula is C16H23F3N4O2. The second kappa shape index (κ2) is 8.91. The quantitative estimate of drug-likeness (QED) is 0.411. The van der Waals surface area contributed by atoms with Gasteiger partial charge in [-0.15, -0.1) is 13.2 Å². The molecule has 0 amide bonds. The molecule has 0 atom stereocenters. The highest BCUT2D eigenvalue weighted by atomic mass is 19.4. The molecule has 1 aliphatic heterocycles. The van der Waals surface area contributed by atoms with Crippen molar-refractivity contribution in [3.05, 3.63) is 24.3 Å². The monoisotopic (exact) mass is 360 g/mol. The molecule has 0 aromatic heterocycles. The molecule has 0 unspecified atom stereocenters. The lowest BCUT2D eigenvalue weighted by molar-refractivity contribution is -0.274. The van der Waals surface area contributed by atoms with Crippen LogP contribution >= 0.6 is 0 Å². The largest absolute Gasteiger partial charge is 0.573 e. The van der Waals surface area contributed by atoms with Crippen molar-refractivity contribution in [2.75, 3.05) is 31.5 Å². The molecule has 25 heavy (non-hydrogen) atoms. The first kappa shape index (κ1) is 19.3. The van der Waals surface area contributed by atoms with Gasteiger partial charge in [-0.1, -0.05) is 12.1 Å². The summed E-state index contributed by atoms with van der Waals surface area (Å²) in [6.45, 7) is 3.03. The van der Waals surface area contributed by atoms with Gasteiger partial charge in [-0.05, 0) is 37.9 Å². The number of anilines is 1.